The Morgan fingerprint density at radius 3 is 2.39 bits per heavy atom. The van der Waals surface area contributed by atoms with Crippen molar-refractivity contribution in [3.05, 3.63) is 84.3 Å². The molecule has 0 saturated heterocycles. The molecule has 0 bridgehead atoms. The average Bonchev–Trinajstić information content (AvgIpc) is 3.45. The summed E-state index contributed by atoms with van der Waals surface area (Å²) in [6, 6.07) is 19.5. The number of anilines is 1. The zero-order valence-electron chi connectivity index (χ0n) is 16.6. The van der Waals surface area contributed by atoms with Crippen LogP contribution < -0.4 is 5.73 Å². The van der Waals surface area contributed by atoms with Gasteiger partial charge in [-0.15, -0.1) is 11.3 Å². The van der Waals surface area contributed by atoms with Crippen molar-refractivity contribution >= 4 is 27.2 Å². The van der Waals surface area contributed by atoms with Crippen LogP contribution >= 0.6 is 11.3 Å². The van der Waals surface area contributed by atoms with Gasteiger partial charge in [0.1, 0.15) is 5.01 Å². The number of rotatable bonds is 5. The lowest BCUT2D eigenvalue weighted by molar-refractivity contribution is 0.281. The summed E-state index contributed by atoms with van der Waals surface area (Å²) in [5.74, 6) is 0. The van der Waals surface area contributed by atoms with Crippen molar-refractivity contribution in [1.82, 2.24) is 14.5 Å². The maximum atomic E-state index is 9.35. The molecular weight excluding hydrogens is 408 g/mol. The number of aliphatic hydroxyl groups is 2. The summed E-state index contributed by atoms with van der Waals surface area (Å²) in [7, 11) is 0. The van der Waals surface area contributed by atoms with Crippen molar-refractivity contribution in [3.8, 4) is 27.5 Å². The smallest absolute Gasteiger partial charge is 0.124 e. The lowest BCUT2D eigenvalue weighted by atomic mass is 10.1. The normalized spacial score (nSPS) is 11.3. The number of imidazole rings is 1. The number of aliphatic hydroxyl groups excluding tert-OH is 2. The summed E-state index contributed by atoms with van der Waals surface area (Å²) in [5.41, 5.74) is 13.2. The van der Waals surface area contributed by atoms with Crippen LogP contribution in [-0.2, 0) is 13.2 Å². The Hall–Kier alpha value is -3.52. The molecule has 0 unspecified atom stereocenters. The number of aromatic nitrogens is 3. The highest BCUT2D eigenvalue weighted by molar-refractivity contribution is 7.21. The first-order valence-corrected chi connectivity index (χ1v) is 10.6. The van der Waals surface area contributed by atoms with Crippen LogP contribution in [0.1, 0.15) is 11.1 Å². The molecular formula is C24H20N4O2S. The fraction of sp³-hybridized carbons (Fsp3) is 0.0833. The van der Waals surface area contributed by atoms with Gasteiger partial charge < -0.3 is 15.9 Å². The Labute approximate surface area is 182 Å². The van der Waals surface area contributed by atoms with Crippen LogP contribution in [0, 0.1) is 0 Å². The number of hydrogen-bond acceptors (Lipinski definition) is 6. The molecule has 3 aromatic carbocycles. The molecule has 31 heavy (non-hydrogen) atoms. The lowest BCUT2D eigenvalue weighted by Gasteiger charge is -2.11. The third kappa shape index (κ3) is 3.59. The highest BCUT2D eigenvalue weighted by atomic mass is 32.1. The minimum Gasteiger partial charge on any atom is -0.398 e. The molecule has 4 N–H and O–H groups in total. The van der Waals surface area contributed by atoms with Crippen molar-refractivity contribution < 1.29 is 10.2 Å². The summed E-state index contributed by atoms with van der Waals surface area (Å²) >= 11 is 1.61. The molecule has 0 atom stereocenters. The van der Waals surface area contributed by atoms with Crippen molar-refractivity contribution in [2.24, 2.45) is 0 Å². The first-order valence-electron chi connectivity index (χ1n) is 9.79. The molecule has 0 saturated carbocycles. The van der Waals surface area contributed by atoms with Crippen LogP contribution in [-0.4, -0.2) is 24.7 Å². The Kier molecular flexibility index (Phi) is 4.99. The second-order valence-electron chi connectivity index (χ2n) is 7.25. The van der Waals surface area contributed by atoms with Crippen LogP contribution in [0.3, 0.4) is 0 Å². The number of thiazole rings is 1. The molecule has 7 heteroatoms. The molecule has 5 rings (SSSR count). The van der Waals surface area contributed by atoms with E-state index in [-0.39, 0.29) is 13.2 Å². The number of benzene rings is 3. The predicted octanol–water partition coefficient (Wildman–Crippen LogP) is 4.38. The van der Waals surface area contributed by atoms with E-state index in [4.69, 9.17) is 10.7 Å². The Balaban J connectivity index is 1.48. The Bertz CT molecular complexity index is 1370. The van der Waals surface area contributed by atoms with Gasteiger partial charge in [0.05, 0.1) is 41.6 Å². The van der Waals surface area contributed by atoms with Crippen molar-refractivity contribution in [3.63, 3.8) is 0 Å². The van der Waals surface area contributed by atoms with Crippen LogP contribution in [0.2, 0.25) is 0 Å². The summed E-state index contributed by atoms with van der Waals surface area (Å²) in [5, 5.41) is 19.6. The molecule has 0 aliphatic heterocycles. The van der Waals surface area contributed by atoms with E-state index in [9.17, 15) is 10.2 Å². The number of nitrogen functional groups attached to an aromatic ring is 1. The number of hydrogen-bond donors (Lipinski definition) is 3. The van der Waals surface area contributed by atoms with Crippen molar-refractivity contribution in [2.45, 2.75) is 13.2 Å². The summed E-state index contributed by atoms with van der Waals surface area (Å²) in [4.78, 5) is 9.04. The molecule has 0 spiro atoms. The first-order chi connectivity index (χ1) is 15.2. The van der Waals surface area contributed by atoms with E-state index in [1.165, 1.54) is 0 Å². The third-order valence-electron chi connectivity index (χ3n) is 5.24. The van der Waals surface area contributed by atoms with E-state index in [2.05, 4.69) is 4.98 Å². The van der Waals surface area contributed by atoms with Crippen LogP contribution in [0.5, 0.6) is 0 Å². The fourth-order valence-corrected chi connectivity index (χ4v) is 4.63. The zero-order valence-corrected chi connectivity index (χ0v) is 17.4. The van der Waals surface area contributed by atoms with Crippen molar-refractivity contribution in [1.29, 1.82) is 0 Å². The second kappa shape index (κ2) is 7.96. The number of fused-ring (bicyclic) bond motifs is 1. The maximum absolute atomic E-state index is 9.35. The average molecular weight is 429 g/mol. The highest BCUT2D eigenvalue weighted by Gasteiger charge is 2.12. The maximum Gasteiger partial charge on any atom is 0.124 e. The van der Waals surface area contributed by atoms with Gasteiger partial charge in [-0.1, -0.05) is 18.2 Å². The molecule has 5 aromatic rings. The topological polar surface area (TPSA) is 97.2 Å². The molecule has 0 radical (unpaired) electrons. The Morgan fingerprint density at radius 1 is 0.903 bits per heavy atom. The van der Waals surface area contributed by atoms with Crippen molar-refractivity contribution in [2.75, 3.05) is 5.73 Å². The Morgan fingerprint density at radius 2 is 1.65 bits per heavy atom. The second-order valence-corrected chi connectivity index (χ2v) is 8.29. The number of nitrogens with zero attached hydrogens (tertiary/aromatic N) is 3. The van der Waals surface area contributed by atoms with E-state index in [0.717, 1.165) is 48.9 Å². The molecule has 2 heterocycles. The van der Waals surface area contributed by atoms with Gasteiger partial charge in [0, 0.05) is 22.5 Å². The predicted molar refractivity (Wildman–Crippen MR) is 124 cm³/mol. The van der Waals surface area contributed by atoms with Gasteiger partial charge >= 0.3 is 0 Å². The van der Waals surface area contributed by atoms with Crippen LogP contribution in [0.4, 0.5) is 5.69 Å². The largest absolute Gasteiger partial charge is 0.398 e. The third-order valence-corrected chi connectivity index (χ3v) is 6.31. The summed E-state index contributed by atoms with van der Waals surface area (Å²) in [6.07, 6.45) is 3.54. The standard InChI is InChI=1S/C24H20N4O2S/c25-20-9-15(12-29)1-7-19(20)22-11-26-14-28(22)18-5-3-17(4-6-18)24-27-21-8-2-16(13-30)10-23(21)31-24/h1-11,14,29-30H,12-13,25H2. The van der Waals surface area contributed by atoms with E-state index in [0.29, 0.717) is 5.69 Å². The van der Waals surface area contributed by atoms with Gasteiger partial charge in [0.2, 0.25) is 0 Å². The van der Waals surface area contributed by atoms with E-state index in [1.54, 1.807) is 29.9 Å². The van der Waals surface area contributed by atoms with Gasteiger partial charge in [-0.2, -0.15) is 0 Å². The molecule has 154 valence electrons. The van der Waals surface area contributed by atoms with Crippen LogP contribution in [0.15, 0.2) is 73.2 Å². The first kappa shape index (κ1) is 19.4. The highest BCUT2D eigenvalue weighted by Crippen LogP contribution is 2.33. The monoisotopic (exact) mass is 428 g/mol. The summed E-state index contributed by atoms with van der Waals surface area (Å²) in [6.45, 7) is -0.0172. The van der Waals surface area contributed by atoms with E-state index >= 15 is 0 Å². The molecule has 0 aliphatic carbocycles. The fourth-order valence-electron chi connectivity index (χ4n) is 3.60. The van der Waals surface area contributed by atoms with Gasteiger partial charge in [-0.25, -0.2) is 9.97 Å². The van der Waals surface area contributed by atoms with Gasteiger partial charge in [0.15, 0.2) is 0 Å². The molecule has 2 aromatic heterocycles. The lowest BCUT2D eigenvalue weighted by Crippen LogP contribution is -1.99. The zero-order chi connectivity index (χ0) is 21.4. The molecule has 0 amide bonds. The summed E-state index contributed by atoms with van der Waals surface area (Å²) < 4.78 is 3.05. The van der Waals surface area contributed by atoms with Gasteiger partial charge in [0.25, 0.3) is 0 Å². The molecule has 0 aliphatic rings. The van der Waals surface area contributed by atoms with Gasteiger partial charge in [-0.3, -0.25) is 4.57 Å². The van der Waals surface area contributed by atoms with Gasteiger partial charge in [-0.05, 0) is 53.6 Å². The quantitative estimate of drug-likeness (QED) is 0.361. The molecule has 0 fully saturated rings. The minimum atomic E-state index is -0.0434. The number of nitrogens with two attached hydrogens (primary N) is 1. The van der Waals surface area contributed by atoms with E-state index < -0.39 is 0 Å². The minimum absolute atomic E-state index is 0.0261. The van der Waals surface area contributed by atoms with E-state index in [1.807, 2.05) is 59.2 Å². The van der Waals surface area contributed by atoms with Crippen LogP contribution in [0.25, 0.3) is 37.7 Å². The molecule has 6 nitrogen and oxygen atoms in total. The SMILES string of the molecule is Nc1cc(CO)ccc1-c1cncn1-c1ccc(-c2nc3ccc(CO)cc3s2)cc1.